The number of hydrogen-bond acceptors (Lipinski definition) is 3. The van der Waals surface area contributed by atoms with Gasteiger partial charge in [0, 0.05) is 23.7 Å². The Hall–Kier alpha value is -2.10. The first-order valence-electron chi connectivity index (χ1n) is 15.7. The number of aryl methyl sites for hydroxylation is 1. The van der Waals surface area contributed by atoms with E-state index in [2.05, 4.69) is 73.5 Å². The zero-order valence-electron chi connectivity index (χ0n) is 25.1. The molecular weight excluding hydrogens is 494 g/mol. The summed E-state index contributed by atoms with van der Waals surface area (Å²) < 4.78 is 0. The fraction of sp³-hybridized carbons (Fsp3) is 0.556. The van der Waals surface area contributed by atoms with Crippen LogP contribution in [0.1, 0.15) is 109 Å². The Kier molecular flexibility index (Phi) is 11.1. The van der Waals surface area contributed by atoms with E-state index in [9.17, 15) is 5.11 Å². The second-order valence-corrected chi connectivity index (χ2v) is 12.7. The van der Waals surface area contributed by atoms with Crippen LogP contribution in [0.2, 0.25) is 0 Å². The number of allylic oxidation sites excluding steroid dienone is 5. The Morgan fingerprint density at radius 3 is 2.56 bits per heavy atom. The SMILES string of the molecule is CC.CCCC=C(c1ccc(-c2cc(C3=CCC(CC(C)CC4CCC4)=C3)cs2)c(C)c1)N1CCC(O)CC1. The van der Waals surface area contributed by atoms with Crippen LogP contribution in [0.4, 0.5) is 0 Å². The molecule has 2 aliphatic carbocycles. The summed E-state index contributed by atoms with van der Waals surface area (Å²) in [4.78, 5) is 3.84. The molecule has 39 heavy (non-hydrogen) atoms. The van der Waals surface area contributed by atoms with Crippen molar-refractivity contribution in [1.29, 1.82) is 0 Å². The van der Waals surface area contributed by atoms with Gasteiger partial charge in [0.05, 0.1) is 6.10 Å². The zero-order valence-corrected chi connectivity index (χ0v) is 26.0. The third-order valence-corrected chi connectivity index (χ3v) is 9.63. The standard InChI is InChI=1S/C34H45NOS.C2H6/c1-4-5-9-33(35-16-14-31(36)15-17-35)29-12-13-32(25(3)20-29)34-22-30(23-37-34)28-11-10-27(21-28)19-24(2)18-26-7-6-8-26;1-2/h9,11-13,20-24,26,31,36H,4-8,10,14-19H2,1-3H3;1-2H3. The number of benzene rings is 1. The van der Waals surface area contributed by atoms with Crippen molar-refractivity contribution in [3.8, 4) is 10.4 Å². The van der Waals surface area contributed by atoms with E-state index in [1.165, 1.54) is 70.5 Å². The van der Waals surface area contributed by atoms with E-state index in [0.29, 0.717) is 0 Å². The lowest BCUT2D eigenvalue weighted by molar-refractivity contribution is 0.106. The number of rotatable bonds is 10. The Morgan fingerprint density at radius 2 is 1.90 bits per heavy atom. The molecule has 3 heteroatoms. The lowest BCUT2D eigenvalue weighted by Gasteiger charge is -2.34. The molecule has 212 valence electrons. The second-order valence-electron chi connectivity index (χ2n) is 11.8. The van der Waals surface area contributed by atoms with Crippen molar-refractivity contribution < 1.29 is 5.11 Å². The molecule has 2 fully saturated rings. The van der Waals surface area contributed by atoms with Crippen molar-refractivity contribution in [2.24, 2.45) is 11.8 Å². The highest BCUT2D eigenvalue weighted by Crippen LogP contribution is 2.39. The third kappa shape index (κ3) is 7.76. The number of aliphatic hydroxyl groups is 1. The molecule has 1 saturated carbocycles. The lowest BCUT2D eigenvalue weighted by Crippen LogP contribution is -2.34. The van der Waals surface area contributed by atoms with Crippen LogP contribution in [0.5, 0.6) is 0 Å². The van der Waals surface area contributed by atoms with Crippen LogP contribution in [0.25, 0.3) is 21.7 Å². The first-order valence-corrected chi connectivity index (χ1v) is 16.6. The molecule has 0 radical (unpaired) electrons. The van der Waals surface area contributed by atoms with Crippen LogP contribution >= 0.6 is 11.3 Å². The fourth-order valence-electron chi connectivity index (χ4n) is 6.30. The van der Waals surface area contributed by atoms with E-state index >= 15 is 0 Å². The lowest BCUT2D eigenvalue weighted by atomic mass is 9.78. The largest absolute Gasteiger partial charge is 0.393 e. The molecule has 0 bridgehead atoms. The first-order chi connectivity index (χ1) is 19.0. The topological polar surface area (TPSA) is 23.5 Å². The van der Waals surface area contributed by atoms with E-state index in [1.54, 1.807) is 5.57 Å². The predicted molar refractivity (Wildman–Crippen MR) is 172 cm³/mol. The van der Waals surface area contributed by atoms with Gasteiger partial charge in [0.1, 0.15) is 0 Å². The van der Waals surface area contributed by atoms with Crippen molar-refractivity contribution in [3.63, 3.8) is 0 Å². The van der Waals surface area contributed by atoms with E-state index in [1.807, 2.05) is 25.2 Å². The maximum absolute atomic E-state index is 9.99. The smallest absolute Gasteiger partial charge is 0.0574 e. The molecule has 1 unspecified atom stereocenters. The number of nitrogens with zero attached hydrogens (tertiary/aromatic N) is 1. The maximum atomic E-state index is 9.99. The van der Waals surface area contributed by atoms with Crippen molar-refractivity contribution in [2.75, 3.05) is 13.1 Å². The van der Waals surface area contributed by atoms with Gasteiger partial charge in [0.25, 0.3) is 0 Å². The van der Waals surface area contributed by atoms with Crippen molar-refractivity contribution in [3.05, 3.63) is 70.1 Å². The summed E-state index contributed by atoms with van der Waals surface area (Å²) in [6, 6.07) is 9.41. The van der Waals surface area contributed by atoms with Crippen molar-refractivity contribution in [2.45, 2.75) is 105 Å². The van der Waals surface area contributed by atoms with Crippen LogP contribution in [0.3, 0.4) is 0 Å². The molecule has 1 aromatic heterocycles. The molecule has 2 nitrogen and oxygen atoms in total. The summed E-state index contributed by atoms with van der Waals surface area (Å²) in [5.41, 5.74) is 9.75. The summed E-state index contributed by atoms with van der Waals surface area (Å²) in [6.07, 6.45) is 19.3. The van der Waals surface area contributed by atoms with E-state index in [0.717, 1.165) is 57.0 Å². The monoisotopic (exact) mass is 545 g/mol. The summed E-state index contributed by atoms with van der Waals surface area (Å²) >= 11 is 1.87. The molecular formula is C36H51NOS. The Morgan fingerprint density at radius 1 is 1.13 bits per heavy atom. The minimum atomic E-state index is -0.141. The molecule has 0 amide bonds. The van der Waals surface area contributed by atoms with Crippen LogP contribution in [0, 0.1) is 18.8 Å². The van der Waals surface area contributed by atoms with Crippen molar-refractivity contribution in [1.82, 2.24) is 4.90 Å². The molecule has 1 aromatic carbocycles. The van der Waals surface area contributed by atoms with Gasteiger partial charge in [0.15, 0.2) is 0 Å². The van der Waals surface area contributed by atoms with Crippen LogP contribution < -0.4 is 0 Å². The number of thiophene rings is 1. The Bertz CT molecular complexity index is 1160. The number of unbranched alkanes of at least 4 members (excludes halogenated alkanes) is 1. The van der Waals surface area contributed by atoms with E-state index in [-0.39, 0.29) is 6.10 Å². The average Bonchev–Trinajstić information content (AvgIpc) is 3.59. The highest BCUT2D eigenvalue weighted by atomic mass is 32.1. The molecule has 1 saturated heterocycles. The molecule has 2 heterocycles. The number of piperidine rings is 1. The molecule has 2 aromatic rings. The van der Waals surface area contributed by atoms with Gasteiger partial charge in [-0.25, -0.2) is 0 Å². The maximum Gasteiger partial charge on any atom is 0.0574 e. The number of aliphatic hydroxyl groups excluding tert-OH is 1. The number of hydrogen-bond donors (Lipinski definition) is 1. The van der Waals surface area contributed by atoms with Gasteiger partial charge in [-0.1, -0.05) is 89.3 Å². The second kappa shape index (κ2) is 14.5. The van der Waals surface area contributed by atoms with Crippen LogP contribution in [0.15, 0.2) is 53.4 Å². The predicted octanol–water partition coefficient (Wildman–Crippen LogP) is 10.3. The highest BCUT2D eigenvalue weighted by Gasteiger charge is 2.22. The number of likely N-dealkylation sites (tertiary alicyclic amines) is 1. The molecule has 1 N–H and O–H groups in total. The summed E-state index contributed by atoms with van der Waals surface area (Å²) in [6.45, 7) is 12.8. The van der Waals surface area contributed by atoms with Gasteiger partial charge in [0.2, 0.25) is 0 Å². The van der Waals surface area contributed by atoms with Gasteiger partial charge in [-0.3, -0.25) is 0 Å². The van der Waals surface area contributed by atoms with Crippen molar-refractivity contribution >= 4 is 22.6 Å². The van der Waals surface area contributed by atoms with Gasteiger partial charge in [-0.2, -0.15) is 0 Å². The van der Waals surface area contributed by atoms with Gasteiger partial charge < -0.3 is 10.0 Å². The third-order valence-electron chi connectivity index (χ3n) is 8.67. The Balaban J connectivity index is 0.00000172. The molecule has 1 aliphatic heterocycles. The molecule has 3 aliphatic rings. The van der Waals surface area contributed by atoms with Gasteiger partial charge in [-0.15, -0.1) is 11.3 Å². The van der Waals surface area contributed by atoms with Gasteiger partial charge >= 0.3 is 0 Å². The molecule has 1 atom stereocenters. The van der Waals surface area contributed by atoms with E-state index in [4.69, 9.17) is 0 Å². The summed E-state index contributed by atoms with van der Waals surface area (Å²) in [5.74, 6) is 1.82. The Labute approximate surface area is 242 Å². The van der Waals surface area contributed by atoms with Crippen LogP contribution in [-0.4, -0.2) is 29.2 Å². The minimum Gasteiger partial charge on any atom is -0.393 e. The van der Waals surface area contributed by atoms with Gasteiger partial charge in [-0.05, 0) is 103 Å². The van der Waals surface area contributed by atoms with Crippen LogP contribution in [-0.2, 0) is 0 Å². The summed E-state index contributed by atoms with van der Waals surface area (Å²) in [7, 11) is 0. The first kappa shape index (κ1) is 29.9. The zero-order chi connectivity index (χ0) is 27.8. The molecule has 5 rings (SSSR count). The average molecular weight is 546 g/mol. The molecule has 0 spiro atoms. The minimum absolute atomic E-state index is 0.141. The highest BCUT2D eigenvalue weighted by molar-refractivity contribution is 7.13. The normalized spacial score (nSPS) is 19.2. The quantitative estimate of drug-likeness (QED) is 0.321. The van der Waals surface area contributed by atoms with E-state index < -0.39 is 0 Å². The fourth-order valence-corrected chi connectivity index (χ4v) is 7.31. The summed E-state index contributed by atoms with van der Waals surface area (Å²) in [5, 5.41) is 12.3.